The van der Waals surface area contributed by atoms with Crippen LogP contribution in [0.2, 0.25) is 0 Å². The number of halogens is 4. The number of methoxy groups -OCH3 is 2. The number of benzene rings is 2. The van der Waals surface area contributed by atoms with E-state index in [1.165, 1.54) is 38.5 Å². The summed E-state index contributed by atoms with van der Waals surface area (Å²) in [5.41, 5.74) is 0.0224. The van der Waals surface area contributed by atoms with E-state index in [1.807, 2.05) is 0 Å². The monoisotopic (exact) mass is 455 g/mol. The molecule has 2 aromatic carbocycles. The van der Waals surface area contributed by atoms with Crippen LogP contribution in [0.15, 0.2) is 45.8 Å². The van der Waals surface area contributed by atoms with E-state index in [1.54, 1.807) is 0 Å². The molecule has 0 saturated heterocycles. The second-order valence-electron chi connectivity index (χ2n) is 4.81. The Bertz CT molecular complexity index is 903. The van der Waals surface area contributed by atoms with Gasteiger partial charge in [-0.3, -0.25) is 4.72 Å². The van der Waals surface area contributed by atoms with E-state index in [4.69, 9.17) is 9.47 Å². The van der Waals surface area contributed by atoms with Crippen molar-refractivity contribution in [2.45, 2.75) is 11.3 Å². The zero-order valence-electron chi connectivity index (χ0n) is 13.4. The molecular formula is C15H13BrF3NO5S. The molecule has 2 aromatic rings. The number of ether oxygens (including phenoxy) is 3. The summed E-state index contributed by atoms with van der Waals surface area (Å²) in [4.78, 5) is -0.684. The van der Waals surface area contributed by atoms with Crippen LogP contribution in [0.1, 0.15) is 0 Å². The van der Waals surface area contributed by atoms with Crippen LogP contribution < -0.4 is 18.9 Å². The lowest BCUT2D eigenvalue weighted by molar-refractivity contribution is -0.275. The Morgan fingerprint density at radius 3 is 2.27 bits per heavy atom. The second-order valence-corrected chi connectivity index (χ2v) is 7.38. The van der Waals surface area contributed by atoms with Crippen molar-refractivity contribution in [2.24, 2.45) is 0 Å². The van der Waals surface area contributed by atoms with Crippen LogP contribution in [-0.4, -0.2) is 29.0 Å². The smallest absolute Gasteiger partial charge is 0.497 e. The summed E-state index contributed by atoms with van der Waals surface area (Å²) in [7, 11) is -1.67. The van der Waals surface area contributed by atoms with Crippen LogP contribution in [0.3, 0.4) is 0 Å². The Morgan fingerprint density at radius 1 is 1.00 bits per heavy atom. The van der Waals surface area contributed by atoms with Gasteiger partial charge in [-0.15, -0.1) is 13.2 Å². The largest absolute Gasteiger partial charge is 0.573 e. The molecule has 0 aromatic heterocycles. The third-order valence-corrected chi connectivity index (χ3v) is 4.97. The molecule has 0 bridgehead atoms. The topological polar surface area (TPSA) is 73.9 Å². The normalized spacial score (nSPS) is 11.8. The molecular weight excluding hydrogens is 443 g/mol. The van der Waals surface area contributed by atoms with Crippen LogP contribution >= 0.6 is 15.9 Å². The summed E-state index contributed by atoms with van der Waals surface area (Å²) < 4.78 is 79.2. The third-order valence-electron chi connectivity index (χ3n) is 3.07. The Hall–Kier alpha value is -2.14. The average Bonchev–Trinajstić information content (AvgIpc) is 2.53. The highest BCUT2D eigenvalue weighted by molar-refractivity contribution is 9.10. The van der Waals surface area contributed by atoms with E-state index in [0.29, 0.717) is 5.75 Å². The predicted octanol–water partition coefficient (Wildman–Crippen LogP) is 4.17. The molecule has 0 heterocycles. The molecule has 0 fully saturated rings. The van der Waals surface area contributed by atoms with Gasteiger partial charge in [0.2, 0.25) is 0 Å². The molecule has 0 aliphatic rings. The SMILES string of the molecule is COc1ccc(NS(=O)(=O)c2ccc(Br)cc2OC(F)(F)F)c(OC)c1. The highest BCUT2D eigenvalue weighted by Gasteiger charge is 2.34. The van der Waals surface area contributed by atoms with Crippen molar-refractivity contribution in [2.75, 3.05) is 18.9 Å². The fourth-order valence-corrected chi connectivity index (χ4v) is 3.51. The molecule has 0 spiro atoms. The molecule has 0 radical (unpaired) electrons. The number of rotatable bonds is 6. The van der Waals surface area contributed by atoms with Gasteiger partial charge in [-0.1, -0.05) is 15.9 Å². The first-order chi connectivity index (χ1) is 12.1. The summed E-state index contributed by atoms with van der Waals surface area (Å²) >= 11 is 2.98. The van der Waals surface area contributed by atoms with Crippen molar-refractivity contribution >= 4 is 31.6 Å². The van der Waals surface area contributed by atoms with Crippen molar-refractivity contribution in [3.05, 3.63) is 40.9 Å². The van der Waals surface area contributed by atoms with Gasteiger partial charge < -0.3 is 14.2 Å². The number of hydrogen-bond donors (Lipinski definition) is 1. The highest BCUT2D eigenvalue weighted by atomic mass is 79.9. The standard InChI is InChI=1S/C15H13BrF3NO5S/c1-23-10-4-5-11(12(8-10)24-2)20-26(21,22)14-6-3-9(16)7-13(14)25-15(17,18)19/h3-8,20H,1-2H3. The summed E-state index contributed by atoms with van der Waals surface area (Å²) in [6, 6.07) is 7.43. The lowest BCUT2D eigenvalue weighted by atomic mass is 10.3. The first kappa shape index (κ1) is 20.2. The van der Waals surface area contributed by atoms with Gasteiger partial charge in [0.1, 0.15) is 16.4 Å². The number of anilines is 1. The van der Waals surface area contributed by atoms with E-state index in [9.17, 15) is 21.6 Å². The van der Waals surface area contributed by atoms with Crippen LogP contribution in [0.4, 0.5) is 18.9 Å². The average molecular weight is 456 g/mol. The van der Waals surface area contributed by atoms with Crippen molar-refractivity contribution in [3.8, 4) is 17.2 Å². The number of hydrogen-bond acceptors (Lipinski definition) is 5. The number of sulfonamides is 1. The molecule has 0 aliphatic carbocycles. The van der Waals surface area contributed by atoms with E-state index >= 15 is 0 Å². The minimum Gasteiger partial charge on any atom is -0.497 e. The fraction of sp³-hybridized carbons (Fsp3) is 0.200. The molecule has 0 saturated carbocycles. The van der Waals surface area contributed by atoms with Crippen LogP contribution in [0.5, 0.6) is 17.2 Å². The maximum Gasteiger partial charge on any atom is 0.573 e. The van der Waals surface area contributed by atoms with Crippen molar-refractivity contribution in [1.29, 1.82) is 0 Å². The lowest BCUT2D eigenvalue weighted by Crippen LogP contribution is -2.21. The lowest BCUT2D eigenvalue weighted by Gasteiger charge is -2.16. The highest BCUT2D eigenvalue weighted by Crippen LogP contribution is 2.35. The molecule has 26 heavy (non-hydrogen) atoms. The Morgan fingerprint density at radius 2 is 1.69 bits per heavy atom. The van der Waals surface area contributed by atoms with Crippen LogP contribution in [0.25, 0.3) is 0 Å². The summed E-state index contributed by atoms with van der Waals surface area (Å²) in [5, 5.41) is 0. The second kappa shape index (κ2) is 7.62. The van der Waals surface area contributed by atoms with E-state index in [-0.39, 0.29) is 15.9 Å². The molecule has 6 nitrogen and oxygen atoms in total. The van der Waals surface area contributed by atoms with Crippen LogP contribution in [-0.2, 0) is 10.0 Å². The number of nitrogens with one attached hydrogen (secondary N) is 1. The molecule has 142 valence electrons. The fourth-order valence-electron chi connectivity index (χ4n) is 1.99. The Balaban J connectivity index is 2.46. The molecule has 11 heteroatoms. The van der Waals surface area contributed by atoms with Gasteiger partial charge in [0.25, 0.3) is 10.0 Å². The Kier molecular flexibility index (Phi) is 5.91. The van der Waals surface area contributed by atoms with Gasteiger partial charge in [-0.25, -0.2) is 8.42 Å². The zero-order chi connectivity index (χ0) is 19.5. The Labute approximate surface area is 156 Å². The minimum atomic E-state index is -5.05. The molecule has 2 rings (SSSR count). The van der Waals surface area contributed by atoms with Gasteiger partial charge in [0.15, 0.2) is 5.75 Å². The summed E-state index contributed by atoms with van der Waals surface area (Å²) in [5.74, 6) is -0.329. The molecule has 0 atom stereocenters. The molecule has 0 unspecified atom stereocenters. The van der Waals surface area contributed by atoms with Gasteiger partial charge in [-0.2, -0.15) is 0 Å². The van der Waals surface area contributed by atoms with Crippen molar-refractivity contribution in [1.82, 2.24) is 0 Å². The zero-order valence-corrected chi connectivity index (χ0v) is 15.8. The van der Waals surface area contributed by atoms with Gasteiger partial charge in [-0.05, 0) is 30.3 Å². The maximum absolute atomic E-state index is 12.6. The minimum absolute atomic E-state index is 0.0224. The van der Waals surface area contributed by atoms with E-state index in [2.05, 4.69) is 25.4 Å². The predicted molar refractivity (Wildman–Crippen MR) is 91.2 cm³/mol. The van der Waals surface area contributed by atoms with Crippen molar-refractivity contribution in [3.63, 3.8) is 0 Å². The summed E-state index contributed by atoms with van der Waals surface area (Å²) in [6.45, 7) is 0. The first-order valence-corrected chi connectivity index (χ1v) is 9.13. The number of alkyl halides is 3. The first-order valence-electron chi connectivity index (χ1n) is 6.86. The van der Waals surface area contributed by atoms with Crippen LogP contribution in [0, 0.1) is 0 Å². The molecule has 1 N–H and O–H groups in total. The van der Waals surface area contributed by atoms with Gasteiger partial charge in [0.05, 0.1) is 19.9 Å². The quantitative estimate of drug-likeness (QED) is 0.707. The van der Waals surface area contributed by atoms with E-state index < -0.39 is 27.0 Å². The maximum atomic E-state index is 12.6. The van der Waals surface area contributed by atoms with Gasteiger partial charge in [0, 0.05) is 10.5 Å². The van der Waals surface area contributed by atoms with Crippen molar-refractivity contribution < 1.29 is 35.8 Å². The third kappa shape index (κ3) is 4.94. The molecule has 0 aliphatic heterocycles. The molecule has 0 amide bonds. The summed E-state index contributed by atoms with van der Waals surface area (Å²) in [6.07, 6.45) is -5.05. The van der Waals surface area contributed by atoms with E-state index in [0.717, 1.165) is 12.1 Å². The van der Waals surface area contributed by atoms with Gasteiger partial charge >= 0.3 is 6.36 Å².